The summed E-state index contributed by atoms with van der Waals surface area (Å²) in [5.41, 5.74) is 1.78. The summed E-state index contributed by atoms with van der Waals surface area (Å²) in [5.74, 6) is -0.743. The van der Waals surface area contributed by atoms with Crippen LogP contribution in [0.3, 0.4) is 0 Å². The molecule has 1 aliphatic rings. The molecule has 126 valence electrons. The largest absolute Gasteiger partial charge is 0.465 e. The molecular weight excluding hydrogens is 348 g/mol. The summed E-state index contributed by atoms with van der Waals surface area (Å²) in [4.78, 5) is 12.4. The molecule has 24 heavy (non-hydrogen) atoms. The van der Waals surface area contributed by atoms with Gasteiger partial charge in [-0.3, -0.25) is 4.79 Å². The van der Waals surface area contributed by atoms with Crippen molar-refractivity contribution >= 4 is 27.4 Å². The van der Waals surface area contributed by atoms with Gasteiger partial charge in [0.1, 0.15) is 0 Å². The number of benzene rings is 2. The van der Waals surface area contributed by atoms with Gasteiger partial charge in [0.15, 0.2) is 9.84 Å². The molecule has 0 aliphatic carbocycles. The summed E-state index contributed by atoms with van der Waals surface area (Å²) in [7, 11) is -3.26. The van der Waals surface area contributed by atoms with E-state index in [-0.39, 0.29) is 22.7 Å². The predicted molar refractivity (Wildman–Crippen MR) is 91.9 cm³/mol. The smallest absolute Gasteiger partial charge is 0.310 e. The predicted octanol–water partition coefficient (Wildman–Crippen LogP) is 3.44. The minimum absolute atomic E-state index is 0.215. The summed E-state index contributed by atoms with van der Waals surface area (Å²) in [6, 6.07) is 14.0. The minimum atomic E-state index is -3.26. The molecule has 0 radical (unpaired) electrons. The van der Waals surface area contributed by atoms with E-state index in [1.165, 1.54) is 6.26 Å². The maximum atomic E-state index is 12.1. The second-order valence-corrected chi connectivity index (χ2v) is 8.39. The molecule has 6 heteroatoms. The first kappa shape index (κ1) is 17.0. The summed E-state index contributed by atoms with van der Waals surface area (Å²) >= 11 is 6.11. The lowest BCUT2D eigenvalue weighted by Gasteiger charge is -2.22. The second-order valence-electron chi connectivity index (χ2n) is 5.94. The van der Waals surface area contributed by atoms with E-state index >= 15 is 0 Å². The third-order valence-electron chi connectivity index (χ3n) is 4.25. The maximum Gasteiger partial charge on any atom is 0.310 e. The number of cyclic esters (lactones) is 1. The molecule has 0 amide bonds. The molecule has 0 bridgehead atoms. The van der Waals surface area contributed by atoms with Gasteiger partial charge >= 0.3 is 5.97 Å². The first-order valence-electron chi connectivity index (χ1n) is 7.58. The molecule has 0 aromatic heterocycles. The Hall–Kier alpha value is -1.85. The number of ether oxygens (including phenoxy) is 1. The standard InChI is InChI=1S/C18H17ClO4S/c1-24(21,22)15-7-5-12(6-8-15)17(16-9-10-23-18(16)20)13-3-2-4-14(19)11-13/h2-8,11,16-17H,9-10H2,1H3. The normalized spacial score (nSPS) is 19.1. The molecule has 2 unspecified atom stereocenters. The summed E-state index contributed by atoms with van der Waals surface area (Å²) in [5, 5.41) is 0.594. The van der Waals surface area contributed by atoms with Crippen molar-refractivity contribution < 1.29 is 17.9 Å². The fourth-order valence-corrected chi connectivity index (χ4v) is 3.92. The quantitative estimate of drug-likeness (QED) is 0.780. The van der Waals surface area contributed by atoms with Crippen molar-refractivity contribution in [3.8, 4) is 0 Å². The first-order chi connectivity index (χ1) is 11.4. The summed E-state index contributed by atoms with van der Waals surface area (Å²) in [6.07, 6.45) is 1.80. The monoisotopic (exact) mass is 364 g/mol. The van der Waals surface area contributed by atoms with Gasteiger partial charge in [0, 0.05) is 17.2 Å². The molecule has 2 atom stereocenters. The third-order valence-corrected chi connectivity index (χ3v) is 5.62. The lowest BCUT2D eigenvalue weighted by Crippen LogP contribution is -2.19. The van der Waals surface area contributed by atoms with Crippen LogP contribution in [0.5, 0.6) is 0 Å². The van der Waals surface area contributed by atoms with E-state index in [9.17, 15) is 13.2 Å². The Kier molecular flexibility index (Phi) is 4.65. The van der Waals surface area contributed by atoms with Gasteiger partial charge in [-0.05, 0) is 41.8 Å². The van der Waals surface area contributed by atoms with E-state index in [4.69, 9.17) is 16.3 Å². The van der Waals surface area contributed by atoms with Crippen LogP contribution >= 0.6 is 11.6 Å². The highest BCUT2D eigenvalue weighted by Gasteiger charge is 2.36. The lowest BCUT2D eigenvalue weighted by atomic mass is 9.80. The van der Waals surface area contributed by atoms with Crippen LogP contribution in [0.15, 0.2) is 53.4 Å². The van der Waals surface area contributed by atoms with Gasteiger partial charge in [-0.15, -0.1) is 0 Å². The van der Waals surface area contributed by atoms with Crippen LogP contribution in [0.25, 0.3) is 0 Å². The fourth-order valence-electron chi connectivity index (χ4n) is 3.09. The van der Waals surface area contributed by atoms with E-state index in [2.05, 4.69) is 0 Å². The lowest BCUT2D eigenvalue weighted by molar-refractivity contribution is -0.141. The first-order valence-corrected chi connectivity index (χ1v) is 9.85. The minimum Gasteiger partial charge on any atom is -0.465 e. The van der Waals surface area contributed by atoms with Crippen LogP contribution in [0.2, 0.25) is 5.02 Å². The highest BCUT2D eigenvalue weighted by atomic mass is 35.5. The zero-order valence-electron chi connectivity index (χ0n) is 13.1. The van der Waals surface area contributed by atoms with Crippen molar-refractivity contribution in [3.63, 3.8) is 0 Å². The fraction of sp³-hybridized carbons (Fsp3) is 0.278. The Morgan fingerprint density at radius 3 is 2.38 bits per heavy atom. The summed E-state index contributed by atoms with van der Waals surface area (Å²) < 4.78 is 28.4. The van der Waals surface area contributed by atoms with Gasteiger partial charge in [0.2, 0.25) is 0 Å². The van der Waals surface area contributed by atoms with Crippen molar-refractivity contribution in [2.24, 2.45) is 5.92 Å². The van der Waals surface area contributed by atoms with Crippen molar-refractivity contribution in [2.45, 2.75) is 17.2 Å². The molecule has 2 aromatic carbocycles. The molecule has 1 aliphatic heterocycles. The zero-order valence-corrected chi connectivity index (χ0v) is 14.7. The number of hydrogen-bond acceptors (Lipinski definition) is 4. The number of hydrogen-bond donors (Lipinski definition) is 0. The zero-order chi connectivity index (χ0) is 17.3. The Labute approximate surface area is 146 Å². The van der Waals surface area contributed by atoms with Crippen LogP contribution in [0.4, 0.5) is 0 Å². The third kappa shape index (κ3) is 3.47. The van der Waals surface area contributed by atoms with Crippen LogP contribution in [-0.4, -0.2) is 27.2 Å². The topological polar surface area (TPSA) is 60.4 Å². The molecule has 3 rings (SSSR count). The molecule has 1 heterocycles. The van der Waals surface area contributed by atoms with Crippen molar-refractivity contribution in [2.75, 3.05) is 12.9 Å². The average Bonchev–Trinajstić information content (AvgIpc) is 2.93. The molecule has 4 nitrogen and oxygen atoms in total. The number of carbonyl (C=O) groups is 1. The second kappa shape index (κ2) is 6.57. The van der Waals surface area contributed by atoms with Gasteiger partial charge in [-0.1, -0.05) is 35.9 Å². The SMILES string of the molecule is CS(=O)(=O)c1ccc(C(c2cccc(Cl)c2)C2CCOC2=O)cc1. The molecule has 0 spiro atoms. The van der Waals surface area contributed by atoms with Crippen LogP contribution in [0.1, 0.15) is 23.5 Å². The van der Waals surface area contributed by atoms with E-state index in [0.29, 0.717) is 18.1 Å². The number of rotatable bonds is 4. The van der Waals surface area contributed by atoms with E-state index in [1.54, 1.807) is 30.3 Å². The van der Waals surface area contributed by atoms with Gasteiger partial charge in [0.05, 0.1) is 17.4 Å². The number of carbonyl (C=O) groups excluding carboxylic acids is 1. The summed E-state index contributed by atoms with van der Waals surface area (Å²) in [6.45, 7) is 0.405. The average molecular weight is 365 g/mol. The Morgan fingerprint density at radius 2 is 1.83 bits per heavy atom. The highest BCUT2D eigenvalue weighted by molar-refractivity contribution is 7.90. The molecular formula is C18H17ClO4S. The number of sulfone groups is 1. The molecule has 1 fully saturated rings. The number of esters is 1. The molecule has 0 N–H and O–H groups in total. The Bertz CT molecular complexity index is 859. The van der Waals surface area contributed by atoms with Crippen LogP contribution in [-0.2, 0) is 19.4 Å². The molecule has 2 aromatic rings. The van der Waals surface area contributed by atoms with Gasteiger partial charge in [-0.25, -0.2) is 8.42 Å². The Morgan fingerprint density at radius 1 is 1.12 bits per heavy atom. The van der Waals surface area contributed by atoms with Crippen LogP contribution < -0.4 is 0 Å². The van der Waals surface area contributed by atoms with Gasteiger partial charge in [0.25, 0.3) is 0 Å². The van der Waals surface area contributed by atoms with Crippen molar-refractivity contribution in [1.82, 2.24) is 0 Å². The highest BCUT2D eigenvalue weighted by Crippen LogP contribution is 2.38. The van der Waals surface area contributed by atoms with E-state index in [0.717, 1.165) is 11.1 Å². The van der Waals surface area contributed by atoms with E-state index < -0.39 is 9.84 Å². The number of halogens is 1. The molecule has 1 saturated heterocycles. The van der Waals surface area contributed by atoms with Crippen LogP contribution in [0, 0.1) is 5.92 Å². The maximum absolute atomic E-state index is 12.1. The van der Waals surface area contributed by atoms with E-state index in [1.807, 2.05) is 18.2 Å². The Balaban J connectivity index is 2.06. The molecule has 0 saturated carbocycles. The van der Waals surface area contributed by atoms with Crippen molar-refractivity contribution in [1.29, 1.82) is 0 Å². The van der Waals surface area contributed by atoms with Gasteiger partial charge < -0.3 is 4.74 Å². The van der Waals surface area contributed by atoms with Crippen molar-refractivity contribution in [3.05, 3.63) is 64.7 Å². The van der Waals surface area contributed by atoms with Gasteiger partial charge in [-0.2, -0.15) is 0 Å².